The molecular formula is C18H25N5O. The van der Waals surface area contributed by atoms with Crippen LogP contribution in [0.2, 0.25) is 0 Å². The third-order valence-electron chi connectivity index (χ3n) is 5.26. The van der Waals surface area contributed by atoms with E-state index >= 15 is 0 Å². The van der Waals surface area contributed by atoms with Crippen molar-refractivity contribution in [3.8, 4) is 0 Å². The van der Waals surface area contributed by atoms with Crippen molar-refractivity contribution in [2.24, 2.45) is 5.92 Å². The predicted molar refractivity (Wildman–Crippen MR) is 91.7 cm³/mol. The van der Waals surface area contributed by atoms with Gasteiger partial charge in [0.15, 0.2) is 0 Å². The predicted octanol–water partition coefficient (Wildman–Crippen LogP) is 2.19. The van der Waals surface area contributed by atoms with Gasteiger partial charge in [-0.25, -0.2) is 9.97 Å². The smallest absolute Gasteiger partial charge is 0.223 e. The molecule has 6 nitrogen and oxygen atoms in total. The van der Waals surface area contributed by atoms with Crippen molar-refractivity contribution >= 4 is 5.95 Å². The van der Waals surface area contributed by atoms with Gasteiger partial charge < -0.3 is 10.4 Å². The maximum absolute atomic E-state index is 10.4. The van der Waals surface area contributed by atoms with Gasteiger partial charge in [-0.05, 0) is 56.1 Å². The zero-order chi connectivity index (χ0) is 16.4. The van der Waals surface area contributed by atoms with Gasteiger partial charge in [-0.3, -0.25) is 4.68 Å². The third kappa shape index (κ3) is 3.43. The summed E-state index contributed by atoms with van der Waals surface area (Å²) in [6.07, 6.45) is 13.0. The monoisotopic (exact) mass is 327 g/mol. The molecule has 0 aromatic carbocycles. The van der Waals surface area contributed by atoms with E-state index in [0.29, 0.717) is 11.9 Å². The van der Waals surface area contributed by atoms with Gasteiger partial charge in [-0.2, -0.15) is 5.10 Å². The fourth-order valence-electron chi connectivity index (χ4n) is 3.98. The van der Waals surface area contributed by atoms with E-state index in [4.69, 9.17) is 4.98 Å². The Balaban J connectivity index is 1.40. The molecule has 0 radical (unpaired) electrons. The van der Waals surface area contributed by atoms with Gasteiger partial charge in [0.25, 0.3) is 0 Å². The SMILES string of the molecule is O[C@@H]1CC(Cn2cccn2)C[C@H]1Nc1ncc2c(n1)CCCCC2. The molecule has 0 saturated heterocycles. The van der Waals surface area contributed by atoms with Crippen LogP contribution in [0.1, 0.15) is 43.4 Å². The molecule has 128 valence electrons. The summed E-state index contributed by atoms with van der Waals surface area (Å²) in [6, 6.07) is 1.96. The largest absolute Gasteiger partial charge is 0.391 e. The van der Waals surface area contributed by atoms with Crippen molar-refractivity contribution in [2.75, 3.05) is 5.32 Å². The first-order chi connectivity index (χ1) is 11.8. The summed E-state index contributed by atoms with van der Waals surface area (Å²) in [6.45, 7) is 0.854. The van der Waals surface area contributed by atoms with Gasteiger partial charge in [0.05, 0.1) is 12.1 Å². The van der Waals surface area contributed by atoms with Crippen LogP contribution in [-0.4, -0.2) is 37.0 Å². The number of nitrogens with zero attached hydrogens (tertiary/aromatic N) is 4. The van der Waals surface area contributed by atoms with E-state index in [2.05, 4.69) is 15.4 Å². The van der Waals surface area contributed by atoms with E-state index in [1.54, 1.807) is 6.20 Å². The van der Waals surface area contributed by atoms with Gasteiger partial charge >= 0.3 is 0 Å². The molecular weight excluding hydrogens is 302 g/mol. The number of nitrogens with one attached hydrogen (secondary N) is 1. The standard InChI is InChI=1S/C18H25N5O/c24-17-10-13(12-23-8-4-7-20-23)9-16(17)22-18-19-11-14-5-2-1-3-6-15(14)21-18/h4,7-8,11,13,16-17,24H,1-3,5-6,9-10,12H2,(H,19,21,22)/t13?,16-,17-/m1/s1. The fourth-order valence-corrected chi connectivity index (χ4v) is 3.98. The van der Waals surface area contributed by atoms with Crippen LogP contribution in [0.15, 0.2) is 24.7 Å². The van der Waals surface area contributed by atoms with Crippen LogP contribution in [0.5, 0.6) is 0 Å². The zero-order valence-electron chi connectivity index (χ0n) is 13.9. The molecule has 6 heteroatoms. The van der Waals surface area contributed by atoms with Crippen molar-refractivity contribution in [1.82, 2.24) is 19.7 Å². The van der Waals surface area contributed by atoms with E-state index in [-0.39, 0.29) is 12.1 Å². The van der Waals surface area contributed by atoms with Gasteiger partial charge in [0, 0.05) is 30.8 Å². The Morgan fingerprint density at radius 1 is 1.21 bits per heavy atom. The van der Waals surface area contributed by atoms with Crippen LogP contribution in [0.4, 0.5) is 5.95 Å². The molecule has 0 amide bonds. The van der Waals surface area contributed by atoms with Crippen LogP contribution < -0.4 is 5.32 Å². The Labute approximate surface area is 142 Å². The molecule has 3 atom stereocenters. The van der Waals surface area contributed by atoms with Gasteiger partial charge in [0.1, 0.15) is 0 Å². The quantitative estimate of drug-likeness (QED) is 0.842. The molecule has 0 spiro atoms. The second-order valence-corrected chi connectivity index (χ2v) is 7.11. The summed E-state index contributed by atoms with van der Waals surface area (Å²) in [4.78, 5) is 9.20. The molecule has 2 aliphatic rings. The first-order valence-electron chi connectivity index (χ1n) is 9.05. The zero-order valence-corrected chi connectivity index (χ0v) is 13.9. The Kier molecular flexibility index (Phi) is 4.47. The number of hydrogen-bond acceptors (Lipinski definition) is 5. The number of hydrogen-bond donors (Lipinski definition) is 2. The second kappa shape index (κ2) is 6.89. The van der Waals surface area contributed by atoms with Gasteiger partial charge in [-0.15, -0.1) is 0 Å². The lowest BCUT2D eigenvalue weighted by molar-refractivity contribution is 0.165. The maximum atomic E-state index is 10.4. The third-order valence-corrected chi connectivity index (χ3v) is 5.26. The molecule has 0 bridgehead atoms. The molecule has 1 unspecified atom stereocenters. The lowest BCUT2D eigenvalue weighted by Gasteiger charge is -2.17. The Morgan fingerprint density at radius 2 is 2.12 bits per heavy atom. The number of anilines is 1. The average Bonchev–Trinajstić information content (AvgIpc) is 3.12. The van der Waals surface area contributed by atoms with Crippen LogP contribution in [0.25, 0.3) is 0 Å². The minimum atomic E-state index is -0.354. The topological polar surface area (TPSA) is 75.9 Å². The molecule has 2 aromatic rings. The van der Waals surface area contributed by atoms with E-state index in [1.165, 1.54) is 30.5 Å². The van der Waals surface area contributed by atoms with Crippen LogP contribution in [0.3, 0.4) is 0 Å². The summed E-state index contributed by atoms with van der Waals surface area (Å²) in [7, 11) is 0. The Bertz CT molecular complexity index is 672. The number of rotatable bonds is 4. The Morgan fingerprint density at radius 3 is 3.00 bits per heavy atom. The lowest BCUT2D eigenvalue weighted by atomic mass is 10.1. The highest BCUT2D eigenvalue weighted by molar-refractivity contribution is 5.32. The molecule has 24 heavy (non-hydrogen) atoms. The highest BCUT2D eigenvalue weighted by atomic mass is 16.3. The van der Waals surface area contributed by atoms with Crippen molar-refractivity contribution in [3.05, 3.63) is 35.9 Å². The molecule has 2 aliphatic carbocycles. The van der Waals surface area contributed by atoms with Crippen molar-refractivity contribution < 1.29 is 5.11 Å². The molecule has 2 heterocycles. The number of aromatic nitrogens is 4. The van der Waals surface area contributed by atoms with Crippen LogP contribution in [0, 0.1) is 5.92 Å². The summed E-state index contributed by atoms with van der Waals surface area (Å²) in [5.74, 6) is 1.10. The van der Waals surface area contributed by atoms with Crippen molar-refractivity contribution in [2.45, 2.75) is 63.6 Å². The summed E-state index contributed by atoms with van der Waals surface area (Å²) < 4.78 is 1.94. The first kappa shape index (κ1) is 15.6. The van der Waals surface area contributed by atoms with E-state index in [1.807, 2.05) is 23.1 Å². The summed E-state index contributed by atoms with van der Waals surface area (Å²) in [5, 5.41) is 18.0. The van der Waals surface area contributed by atoms with Crippen molar-refractivity contribution in [1.29, 1.82) is 0 Å². The van der Waals surface area contributed by atoms with Crippen LogP contribution >= 0.6 is 0 Å². The molecule has 0 aliphatic heterocycles. The molecule has 2 aromatic heterocycles. The van der Waals surface area contributed by atoms with Gasteiger partial charge in [-0.1, -0.05) is 6.42 Å². The highest BCUT2D eigenvalue weighted by Crippen LogP contribution is 2.29. The van der Waals surface area contributed by atoms with Gasteiger partial charge in [0.2, 0.25) is 5.95 Å². The molecule has 1 fully saturated rings. The fraction of sp³-hybridized carbons (Fsp3) is 0.611. The summed E-state index contributed by atoms with van der Waals surface area (Å²) in [5.41, 5.74) is 2.48. The number of aliphatic hydroxyl groups is 1. The van der Waals surface area contributed by atoms with Crippen LogP contribution in [-0.2, 0) is 19.4 Å². The van der Waals surface area contributed by atoms with E-state index in [9.17, 15) is 5.11 Å². The average molecular weight is 327 g/mol. The van der Waals surface area contributed by atoms with Crippen molar-refractivity contribution in [3.63, 3.8) is 0 Å². The first-order valence-corrected chi connectivity index (χ1v) is 9.05. The minimum Gasteiger partial charge on any atom is -0.391 e. The number of aryl methyl sites for hydroxylation is 2. The molecule has 1 saturated carbocycles. The Hall–Kier alpha value is -1.95. The lowest BCUT2D eigenvalue weighted by Crippen LogP contribution is -2.29. The minimum absolute atomic E-state index is 0.0226. The highest BCUT2D eigenvalue weighted by Gasteiger charge is 2.33. The van der Waals surface area contributed by atoms with E-state index < -0.39 is 0 Å². The van der Waals surface area contributed by atoms with E-state index in [0.717, 1.165) is 32.2 Å². The normalized spacial score (nSPS) is 26.8. The summed E-state index contributed by atoms with van der Waals surface area (Å²) >= 11 is 0. The maximum Gasteiger partial charge on any atom is 0.223 e. The number of fused-ring (bicyclic) bond motifs is 1. The molecule has 4 rings (SSSR count). The number of aliphatic hydroxyl groups excluding tert-OH is 1. The molecule has 2 N–H and O–H groups in total. The second-order valence-electron chi connectivity index (χ2n) is 7.11.